The molecule has 0 radical (unpaired) electrons. The molecule has 7 nitrogen and oxygen atoms in total. The van der Waals surface area contributed by atoms with Gasteiger partial charge in [0.25, 0.3) is 5.91 Å². The van der Waals surface area contributed by atoms with E-state index < -0.39 is 0 Å². The smallest absolute Gasteiger partial charge is 0.272 e. The van der Waals surface area contributed by atoms with E-state index in [4.69, 9.17) is 0 Å². The number of piperazine rings is 1. The number of rotatable bonds is 7. The minimum absolute atomic E-state index is 0.0370. The Morgan fingerprint density at radius 1 is 1.06 bits per heavy atom. The molecule has 8 heteroatoms. The predicted molar refractivity (Wildman–Crippen MR) is 131 cm³/mol. The second kappa shape index (κ2) is 10.1. The van der Waals surface area contributed by atoms with Gasteiger partial charge in [0.05, 0.1) is 18.4 Å². The molecular formula is C24H30N6OS. The molecule has 32 heavy (non-hydrogen) atoms. The Morgan fingerprint density at radius 3 is 2.50 bits per heavy atom. The molecule has 3 heterocycles. The Balaban J connectivity index is 1.47. The summed E-state index contributed by atoms with van der Waals surface area (Å²) in [5, 5.41) is 4.33. The molecule has 0 aliphatic carbocycles. The van der Waals surface area contributed by atoms with Crippen molar-refractivity contribution >= 4 is 29.2 Å². The topological polar surface area (TPSA) is 66.3 Å². The highest BCUT2D eigenvalue weighted by atomic mass is 32.2. The van der Waals surface area contributed by atoms with Gasteiger partial charge in [0, 0.05) is 38.4 Å². The molecule has 0 bridgehead atoms. The Hall–Kier alpha value is -3.00. The average molecular weight is 451 g/mol. The molecule has 1 fully saturated rings. The summed E-state index contributed by atoms with van der Waals surface area (Å²) in [5.41, 5.74) is 2.83. The van der Waals surface area contributed by atoms with Crippen LogP contribution in [0.1, 0.15) is 29.9 Å². The molecule has 1 saturated heterocycles. The maximum Gasteiger partial charge on any atom is 0.272 e. The Morgan fingerprint density at radius 2 is 1.81 bits per heavy atom. The number of aromatic nitrogens is 3. The van der Waals surface area contributed by atoms with Gasteiger partial charge < -0.3 is 19.7 Å². The first-order valence-electron chi connectivity index (χ1n) is 11.0. The van der Waals surface area contributed by atoms with Crippen molar-refractivity contribution in [3.05, 3.63) is 66.1 Å². The molecule has 0 spiro atoms. The molecule has 2 aromatic heterocycles. The van der Waals surface area contributed by atoms with E-state index in [2.05, 4.69) is 52.2 Å². The van der Waals surface area contributed by atoms with Crippen LogP contribution in [-0.2, 0) is 6.54 Å². The minimum Gasteiger partial charge on any atom is -0.380 e. The van der Waals surface area contributed by atoms with Gasteiger partial charge in [-0.3, -0.25) is 4.79 Å². The molecule has 0 atom stereocenters. The molecule has 1 aromatic carbocycles. The molecule has 1 amide bonds. The van der Waals surface area contributed by atoms with Gasteiger partial charge in [-0.2, -0.15) is 0 Å². The molecule has 3 aromatic rings. The fourth-order valence-corrected chi connectivity index (χ4v) is 4.51. The van der Waals surface area contributed by atoms with Gasteiger partial charge in [0.15, 0.2) is 11.0 Å². The number of thioether (sulfide) groups is 1. The number of pyridine rings is 1. The molecule has 4 rings (SSSR count). The molecule has 1 aliphatic rings. The zero-order valence-corrected chi connectivity index (χ0v) is 19.7. The second-order valence-electron chi connectivity index (χ2n) is 8.15. The van der Waals surface area contributed by atoms with Crippen LogP contribution in [0.4, 0.5) is 11.5 Å². The lowest BCUT2D eigenvalue weighted by Gasteiger charge is -2.36. The SMILES string of the molecule is CSc1ncc(C(=O)N2CCN(c3ncccc3NC(C)C)CC2)n1Cc1ccccc1. The first-order valence-corrected chi connectivity index (χ1v) is 12.2. The van der Waals surface area contributed by atoms with E-state index in [9.17, 15) is 4.79 Å². The summed E-state index contributed by atoms with van der Waals surface area (Å²) < 4.78 is 2.03. The number of carbonyl (C=O) groups excluding carboxylic acids is 1. The fraction of sp³-hybridized carbons (Fsp3) is 0.375. The van der Waals surface area contributed by atoms with Crippen LogP contribution < -0.4 is 10.2 Å². The summed E-state index contributed by atoms with van der Waals surface area (Å²) in [5.74, 6) is 0.988. The van der Waals surface area contributed by atoms with Gasteiger partial charge >= 0.3 is 0 Å². The van der Waals surface area contributed by atoms with Crippen LogP contribution in [-0.4, -0.2) is 63.8 Å². The van der Waals surface area contributed by atoms with Gasteiger partial charge in [0.1, 0.15) is 5.69 Å². The summed E-state index contributed by atoms with van der Waals surface area (Å²) in [6.45, 7) is 7.68. The second-order valence-corrected chi connectivity index (χ2v) is 8.93. The van der Waals surface area contributed by atoms with Crippen molar-refractivity contribution in [2.45, 2.75) is 31.6 Å². The lowest BCUT2D eigenvalue weighted by atomic mass is 10.2. The molecule has 0 unspecified atom stereocenters. The number of hydrogen-bond acceptors (Lipinski definition) is 6. The number of hydrogen-bond donors (Lipinski definition) is 1. The van der Waals surface area contributed by atoms with Crippen LogP contribution in [0.15, 0.2) is 60.0 Å². The van der Waals surface area contributed by atoms with Crippen LogP contribution >= 0.6 is 11.8 Å². The zero-order chi connectivity index (χ0) is 22.5. The Bertz CT molecular complexity index is 1040. The molecule has 0 saturated carbocycles. The standard InChI is InChI=1S/C24H30N6OS/c1-18(2)27-20-10-7-11-25-22(20)28-12-14-29(15-13-28)23(31)21-16-26-24(32-3)30(21)17-19-8-5-4-6-9-19/h4-11,16,18,27H,12-15,17H2,1-3H3. The van der Waals surface area contributed by atoms with E-state index >= 15 is 0 Å². The monoisotopic (exact) mass is 450 g/mol. The molecular weight excluding hydrogens is 420 g/mol. The van der Waals surface area contributed by atoms with E-state index in [1.807, 2.05) is 46.2 Å². The van der Waals surface area contributed by atoms with Crippen molar-refractivity contribution in [2.75, 3.05) is 42.7 Å². The number of amides is 1. The maximum absolute atomic E-state index is 13.4. The summed E-state index contributed by atoms with van der Waals surface area (Å²) in [7, 11) is 0. The highest BCUT2D eigenvalue weighted by Crippen LogP contribution is 2.25. The largest absolute Gasteiger partial charge is 0.380 e. The summed E-state index contributed by atoms with van der Waals surface area (Å²) in [6.07, 6.45) is 5.53. The number of nitrogens with one attached hydrogen (secondary N) is 1. The summed E-state index contributed by atoms with van der Waals surface area (Å²) in [6, 6.07) is 14.5. The summed E-state index contributed by atoms with van der Waals surface area (Å²) >= 11 is 1.56. The third kappa shape index (κ3) is 4.91. The lowest BCUT2D eigenvalue weighted by molar-refractivity contribution is 0.0735. The molecule has 1 aliphatic heterocycles. The van der Waals surface area contributed by atoms with Gasteiger partial charge in [0.2, 0.25) is 0 Å². The maximum atomic E-state index is 13.4. The highest BCUT2D eigenvalue weighted by Gasteiger charge is 2.27. The Kier molecular flexibility index (Phi) is 6.99. The van der Waals surface area contributed by atoms with Gasteiger partial charge in [-0.15, -0.1) is 0 Å². The highest BCUT2D eigenvalue weighted by molar-refractivity contribution is 7.98. The third-order valence-electron chi connectivity index (χ3n) is 5.50. The van der Waals surface area contributed by atoms with Crippen molar-refractivity contribution in [1.82, 2.24) is 19.4 Å². The normalized spacial score (nSPS) is 14.1. The van der Waals surface area contributed by atoms with E-state index in [1.54, 1.807) is 18.0 Å². The van der Waals surface area contributed by atoms with Crippen molar-refractivity contribution in [3.63, 3.8) is 0 Å². The number of benzene rings is 1. The van der Waals surface area contributed by atoms with Crippen molar-refractivity contribution < 1.29 is 4.79 Å². The number of anilines is 2. The number of carbonyl (C=O) groups is 1. The van der Waals surface area contributed by atoms with Crippen molar-refractivity contribution in [2.24, 2.45) is 0 Å². The van der Waals surface area contributed by atoms with Crippen LogP contribution in [0.3, 0.4) is 0 Å². The van der Waals surface area contributed by atoms with E-state index in [1.165, 1.54) is 0 Å². The van der Waals surface area contributed by atoms with Gasteiger partial charge in [-0.05, 0) is 37.8 Å². The minimum atomic E-state index is 0.0370. The van der Waals surface area contributed by atoms with Crippen LogP contribution in [0.5, 0.6) is 0 Å². The average Bonchev–Trinajstić information content (AvgIpc) is 3.22. The summed E-state index contributed by atoms with van der Waals surface area (Å²) in [4.78, 5) is 26.7. The third-order valence-corrected chi connectivity index (χ3v) is 6.19. The molecule has 1 N–H and O–H groups in total. The lowest BCUT2D eigenvalue weighted by Crippen LogP contribution is -2.49. The fourth-order valence-electron chi connectivity index (χ4n) is 3.97. The van der Waals surface area contributed by atoms with E-state index in [0.29, 0.717) is 31.4 Å². The number of nitrogens with zero attached hydrogens (tertiary/aromatic N) is 5. The zero-order valence-electron chi connectivity index (χ0n) is 18.9. The van der Waals surface area contributed by atoms with Crippen LogP contribution in [0, 0.1) is 0 Å². The van der Waals surface area contributed by atoms with E-state index in [0.717, 1.165) is 35.3 Å². The quantitative estimate of drug-likeness (QED) is 0.552. The van der Waals surface area contributed by atoms with Crippen molar-refractivity contribution in [3.8, 4) is 0 Å². The van der Waals surface area contributed by atoms with Crippen LogP contribution in [0.25, 0.3) is 0 Å². The van der Waals surface area contributed by atoms with Gasteiger partial charge in [-0.1, -0.05) is 42.1 Å². The number of imidazole rings is 1. The molecule has 168 valence electrons. The Labute approximate surface area is 193 Å². The van der Waals surface area contributed by atoms with Gasteiger partial charge in [-0.25, -0.2) is 9.97 Å². The van der Waals surface area contributed by atoms with Crippen LogP contribution in [0.2, 0.25) is 0 Å². The van der Waals surface area contributed by atoms with E-state index in [-0.39, 0.29) is 5.91 Å². The first-order chi connectivity index (χ1) is 15.6. The predicted octanol–water partition coefficient (Wildman–Crippen LogP) is 3.83. The first kappa shape index (κ1) is 22.2. The van der Waals surface area contributed by atoms with Crippen molar-refractivity contribution in [1.29, 1.82) is 0 Å².